The van der Waals surface area contributed by atoms with Gasteiger partial charge < -0.3 is 10.0 Å². The van der Waals surface area contributed by atoms with E-state index in [2.05, 4.69) is 0 Å². The predicted octanol–water partition coefficient (Wildman–Crippen LogP) is 1.70. The Morgan fingerprint density at radius 3 is 2.71 bits per heavy atom. The first-order chi connectivity index (χ1) is 9.77. The van der Waals surface area contributed by atoms with E-state index in [1.165, 1.54) is 0 Å². The van der Waals surface area contributed by atoms with Gasteiger partial charge in [-0.1, -0.05) is 23.8 Å². The van der Waals surface area contributed by atoms with Gasteiger partial charge in [-0.05, 0) is 44.4 Å². The van der Waals surface area contributed by atoms with Crippen molar-refractivity contribution < 1.29 is 13.5 Å². The Morgan fingerprint density at radius 1 is 1.38 bits per heavy atom. The van der Waals surface area contributed by atoms with E-state index in [-0.39, 0.29) is 11.7 Å². The van der Waals surface area contributed by atoms with Crippen LogP contribution in [0.4, 0.5) is 0 Å². The number of sulfone groups is 1. The number of likely N-dealkylation sites (N-methyl/N-ethyl adjacent to an activating group) is 1. The maximum Gasteiger partial charge on any atom is 0.150 e. The smallest absolute Gasteiger partial charge is 0.150 e. The molecule has 2 rings (SSSR count). The number of hydrogen-bond donors (Lipinski definition) is 1. The van der Waals surface area contributed by atoms with Gasteiger partial charge in [-0.15, -0.1) is 0 Å². The minimum Gasteiger partial charge on any atom is -0.387 e. The van der Waals surface area contributed by atoms with E-state index in [0.29, 0.717) is 12.3 Å². The van der Waals surface area contributed by atoms with Gasteiger partial charge in [-0.2, -0.15) is 0 Å². The quantitative estimate of drug-likeness (QED) is 0.899. The molecule has 1 fully saturated rings. The summed E-state index contributed by atoms with van der Waals surface area (Å²) in [6.45, 7) is 5.27. The first kappa shape index (κ1) is 16.5. The highest BCUT2D eigenvalue weighted by Crippen LogP contribution is 2.22. The molecule has 0 amide bonds. The average Bonchev–Trinajstić information content (AvgIpc) is 2.71. The molecule has 0 spiro atoms. The third kappa shape index (κ3) is 4.53. The van der Waals surface area contributed by atoms with Crippen molar-refractivity contribution in [2.75, 3.05) is 31.6 Å². The second-order valence-electron chi connectivity index (χ2n) is 6.37. The summed E-state index contributed by atoms with van der Waals surface area (Å²) in [4.78, 5) is 2.04. The van der Waals surface area contributed by atoms with Gasteiger partial charge in [0.25, 0.3) is 0 Å². The van der Waals surface area contributed by atoms with E-state index in [1.807, 2.05) is 44.0 Å². The molecular formula is C16H25NO3S. The fraction of sp³-hybridized carbons (Fsp3) is 0.625. The van der Waals surface area contributed by atoms with Crippen LogP contribution in [-0.2, 0) is 9.84 Å². The molecule has 1 aliphatic heterocycles. The van der Waals surface area contributed by atoms with Crippen LogP contribution in [0.1, 0.15) is 29.2 Å². The van der Waals surface area contributed by atoms with Crippen molar-refractivity contribution in [2.24, 2.45) is 5.92 Å². The minimum absolute atomic E-state index is 0.200. The van der Waals surface area contributed by atoms with Crippen molar-refractivity contribution in [2.45, 2.75) is 26.4 Å². The van der Waals surface area contributed by atoms with Gasteiger partial charge in [0.15, 0.2) is 9.84 Å². The molecular weight excluding hydrogens is 286 g/mol. The van der Waals surface area contributed by atoms with Gasteiger partial charge in [0.2, 0.25) is 0 Å². The summed E-state index contributed by atoms with van der Waals surface area (Å²) in [6.07, 6.45) is 0.208. The van der Waals surface area contributed by atoms with Crippen molar-refractivity contribution in [3.8, 4) is 0 Å². The molecule has 4 nitrogen and oxygen atoms in total. The first-order valence-corrected chi connectivity index (χ1v) is 9.23. The summed E-state index contributed by atoms with van der Waals surface area (Å²) >= 11 is 0. The molecule has 1 saturated heterocycles. The summed E-state index contributed by atoms with van der Waals surface area (Å²) in [7, 11) is -0.879. The molecule has 1 aromatic carbocycles. The average molecular weight is 311 g/mol. The Bertz CT molecular complexity index is 598. The van der Waals surface area contributed by atoms with Crippen molar-refractivity contribution >= 4 is 9.84 Å². The van der Waals surface area contributed by atoms with E-state index in [1.54, 1.807) is 0 Å². The second-order valence-corrected chi connectivity index (χ2v) is 8.59. The molecule has 21 heavy (non-hydrogen) atoms. The predicted molar refractivity (Wildman–Crippen MR) is 85.1 cm³/mol. The van der Waals surface area contributed by atoms with Crippen LogP contribution in [0.2, 0.25) is 0 Å². The standard InChI is InChI=1S/C16H25NO3S/c1-12-4-5-13(2)15(8-12)16(18)10-17(3)9-14-6-7-21(19,20)11-14/h4-5,8,14,16,18H,6-7,9-11H2,1-3H3/t14-,16-/m0/s1. The topological polar surface area (TPSA) is 57.6 Å². The Labute approximate surface area is 127 Å². The first-order valence-electron chi connectivity index (χ1n) is 7.41. The van der Waals surface area contributed by atoms with Gasteiger partial charge in [-0.3, -0.25) is 0 Å². The van der Waals surface area contributed by atoms with Gasteiger partial charge in [-0.25, -0.2) is 8.42 Å². The lowest BCUT2D eigenvalue weighted by atomic mass is 10.00. The second kappa shape index (κ2) is 6.46. The molecule has 0 saturated carbocycles. The number of aliphatic hydroxyl groups is 1. The molecule has 2 atom stereocenters. The highest BCUT2D eigenvalue weighted by Gasteiger charge is 2.28. The van der Waals surface area contributed by atoms with E-state index in [4.69, 9.17) is 0 Å². The number of benzene rings is 1. The fourth-order valence-electron chi connectivity index (χ4n) is 3.04. The van der Waals surface area contributed by atoms with E-state index >= 15 is 0 Å². The Balaban J connectivity index is 1.93. The minimum atomic E-state index is -2.82. The normalized spacial score (nSPS) is 22.6. The summed E-state index contributed by atoms with van der Waals surface area (Å²) in [5.41, 5.74) is 3.19. The molecule has 0 radical (unpaired) electrons. The molecule has 1 N–H and O–H groups in total. The van der Waals surface area contributed by atoms with Crippen LogP contribution in [0.25, 0.3) is 0 Å². The highest BCUT2D eigenvalue weighted by atomic mass is 32.2. The molecule has 1 aromatic rings. The molecule has 118 valence electrons. The Kier molecular flexibility index (Phi) is 5.07. The lowest BCUT2D eigenvalue weighted by molar-refractivity contribution is 0.119. The zero-order valence-electron chi connectivity index (χ0n) is 13.0. The van der Waals surface area contributed by atoms with Crippen molar-refractivity contribution in [3.63, 3.8) is 0 Å². The molecule has 5 heteroatoms. The maximum absolute atomic E-state index is 11.5. The summed E-state index contributed by atoms with van der Waals surface area (Å²) in [5, 5.41) is 10.4. The Morgan fingerprint density at radius 2 is 2.10 bits per heavy atom. The van der Waals surface area contributed by atoms with Crippen LogP contribution in [0.15, 0.2) is 18.2 Å². The number of aliphatic hydroxyl groups excluding tert-OH is 1. The van der Waals surface area contributed by atoms with Gasteiger partial charge in [0, 0.05) is 13.1 Å². The van der Waals surface area contributed by atoms with Crippen LogP contribution in [0.3, 0.4) is 0 Å². The SMILES string of the molecule is Cc1ccc(C)c([C@@H](O)CN(C)C[C@@H]2CCS(=O)(=O)C2)c1. The van der Waals surface area contributed by atoms with Crippen LogP contribution in [-0.4, -0.2) is 50.1 Å². The molecule has 1 heterocycles. The zero-order valence-corrected chi connectivity index (χ0v) is 13.9. The maximum atomic E-state index is 11.5. The summed E-state index contributed by atoms with van der Waals surface area (Å²) < 4.78 is 23.0. The molecule has 0 aliphatic carbocycles. The lowest BCUT2D eigenvalue weighted by Gasteiger charge is -2.24. The fourth-order valence-corrected chi connectivity index (χ4v) is 4.89. The van der Waals surface area contributed by atoms with E-state index < -0.39 is 15.9 Å². The monoisotopic (exact) mass is 311 g/mol. The van der Waals surface area contributed by atoms with Crippen molar-refractivity contribution in [1.29, 1.82) is 0 Å². The van der Waals surface area contributed by atoms with Crippen molar-refractivity contribution in [1.82, 2.24) is 4.90 Å². The number of rotatable bonds is 5. The summed E-state index contributed by atoms with van der Waals surface area (Å²) in [6, 6.07) is 6.09. The van der Waals surface area contributed by atoms with Gasteiger partial charge in [0.05, 0.1) is 17.6 Å². The molecule has 0 unspecified atom stereocenters. The molecule has 0 bridgehead atoms. The molecule has 1 aliphatic rings. The molecule has 0 aromatic heterocycles. The number of hydrogen-bond acceptors (Lipinski definition) is 4. The Hall–Kier alpha value is -0.910. The lowest BCUT2D eigenvalue weighted by Crippen LogP contribution is -2.30. The van der Waals surface area contributed by atoms with Crippen LogP contribution in [0.5, 0.6) is 0 Å². The number of aryl methyl sites for hydroxylation is 2. The third-order valence-corrected chi connectivity index (χ3v) is 6.01. The largest absolute Gasteiger partial charge is 0.387 e. The van der Waals surface area contributed by atoms with Crippen molar-refractivity contribution in [3.05, 3.63) is 34.9 Å². The third-order valence-electron chi connectivity index (χ3n) is 4.17. The highest BCUT2D eigenvalue weighted by molar-refractivity contribution is 7.91. The van der Waals surface area contributed by atoms with Crippen LogP contribution >= 0.6 is 0 Å². The number of nitrogens with zero attached hydrogens (tertiary/aromatic N) is 1. The zero-order chi connectivity index (χ0) is 15.6. The van der Waals surface area contributed by atoms with Gasteiger partial charge in [0.1, 0.15) is 0 Å². The van der Waals surface area contributed by atoms with Crippen LogP contribution < -0.4 is 0 Å². The summed E-state index contributed by atoms with van der Waals surface area (Å²) in [5.74, 6) is 0.799. The van der Waals surface area contributed by atoms with E-state index in [0.717, 1.165) is 29.7 Å². The van der Waals surface area contributed by atoms with Crippen LogP contribution in [0, 0.1) is 19.8 Å². The van der Waals surface area contributed by atoms with E-state index in [9.17, 15) is 13.5 Å². The van der Waals surface area contributed by atoms with Gasteiger partial charge >= 0.3 is 0 Å².